The number of hydrogen-bond acceptors (Lipinski definition) is 3. The van der Waals surface area contributed by atoms with E-state index in [1.54, 1.807) is 40.5 Å². The van der Waals surface area contributed by atoms with Crippen LogP contribution in [0.2, 0.25) is 0 Å². The lowest BCUT2D eigenvalue weighted by Crippen LogP contribution is -3.00. The van der Waals surface area contributed by atoms with E-state index in [1.165, 1.54) is 9.80 Å². The van der Waals surface area contributed by atoms with Crippen molar-refractivity contribution in [1.82, 2.24) is 9.80 Å². The summed E-state index contributed by atoms with van der Waals surface area (Å²) >= 11 is 0. The van der Waals surface area contributed by atoms with Crippen molar-refractivity contribution in [3.8, 4) is 5.75 Å². The molecule has 0 saturated carbocycles. The molecule has 0 N–H and O–H groups in total. The summed E-state index contributed by atoms with van der Waals surface area (Å²) in [6.07, 6.45) is 1.35. The Morgan fingerprint density at radius 3 is 2.25 bits per heavy atom. The molecule has 2 amide bonds. The van der Waals surface area contributed by atoms with Gasteiger partial charge in [-0.2, -0.15) is 0 Å². The van der Waals surface area contributed by atoms with Gasteiger partial charge in [-0.1, -0.05) is 6.07 Å². The molecule has 6 nitrogen and oxygen atoms in total. The number of carbonyl (C=O) groups excluding carboxylic acids is 2. The topological polar surface area (TPSA) is 53.7 Å². The molecule has 0 saturated heterocycles. The highest BCUT2D eigenvalue weighted by atomic mass is 127. The standard InChI is InChI=1S/C17H22N3O3.HI/c1-11-12(16(21)18(2)3)10-20(6)13-8-7-9-14(15(11)13)23-17(22)19(4)5;/h7-10H,1-6H3;1H/q+1;/p-1. The Labute approximate surface area is 159 Å². The molecule has 0 aliphatic rings. The van der Waals surface area contributed by atoms with Crippen LogP contribution in [0.1, 0.15) is 15.9 Å². The Balaban J connectivity index is 0.00000288. The fourth-order valence-electron chi connectivity index (χ4n) is 2.41. The zero-order valence-electron chi connectivity index (χ0n) is 14.8. The van der Waals surface area contributed by atoms with E-state index in [0.29, 0.717) is 11.3 Å². The molecule has 0 bridgehead atoms. The molecule has 0 fully saturated rings. The molecule has 0 radical (unpaired) electrons. The zero-order chi connectivity index (χ0) is 17.3. The Kier molecular flexibility index (Phi) is 6.53. The molecule has 0 unspecified atom stereocenters. The molecular weight excluding hydrogens is 421 g/mol. The Bertz CT molecular complexity index is 788. The van der Waals surface area contributed by atoms with Gasteiger partial charge < -0.3 is 38.5 Å². The number of ether oxygens (including phenoxy) is 1. The minimum absolute atomic E-state index is 0. The molecule has 2 rings (SSSR count). The summed E-state index contributed by atoms with van der Waals surface area (Å²) < 4.78 is 7.34. The lowest BCUT2D eigenvalue weighted by molar-refractivity contribution is -0.645. The fourth-order valence-corrected chi connectivity index (χ4v) is 2.41. The van der Waals surface area contributed by atoms with Crippen molar-refractivity contribution in [2.45, 2.75) is 6.92 Å². The molecule has 1 aromatic heterocycles. The van der Waals surface area contributed by atoms with Crippen molar-refractivity contribution in [2.24, 2.45) is 7.05 Å². The van der Waals surface area contributed by atoms with Crippen molar-refractivity contribution >= 4 is 22.9 Å². The third kappa shape index (κ3) is 3.77. The van der Waals surface area contributed by atoms with E-state index in [0.717, 1.165) is 16.5 Å². The number of aromatic nitrogens is 1. The summed E-state index contributed by atoms with van der Waals surface area (Å²) in [4.78, 5) is 27.2. The molecule has 0 spiro atoms. The summed E-state index contributed by atoms with van der Waals surface area (Å²) in [5, 5.41) is 0.762. The van der Waals surface area contributed by atoms with E-state index in [4.69, 9.17) is 4.74 Å². The largest absolute Gasteiger partial charge is 1.00 e. The van der Waals surface area contributed by atoms with Gasteiger partial charge in [0.2, 0.25) is 5.52 Å². The van der Waals surface area contributed by atoms with Crippen LogP contribution < -0.4 is 33.3 Å². The molecule has 0 aliphatic carbocycles. The van der Waals surface area contributed by atoms with Gasteiger partial charge in [0.15, 0.2) is 6.20 Å². The zero-order valence-corrected chi connectivity index (χ0v) is 16.9. The second kappa shape index (κ2) is 7.78. The maximum atomic E-state index is 12.4. The van der Waals surface area contributed by atoms with Crippen LogP contribution in [0.4, 0.5) is 4.79 Å². The van der Waals surface area contributed by atoms with Gasteiger partial charge in [0.05, 0.1) is 5.39 Å². The number of nitrogens with zero attached hydrogens (tertiary/aromatic N) is 3. The van der Waals surface area contributed by atoms with Gasteiger partial charge in [-0.15, -0.1) is 0 Å². The maximum absolute atomic E-state index is 12.4. The Morgan fingerprint density at radius 2 is 1.71 bits per heavy atom. The number of hydrogen-bond donors (Lipinski definition) is 0. The van der Waals surface area contributed by atoms with Crippen molar-refractivity contribution in [3.05, 3.63) is 35.5 Å². The first-order valence-electron chi connectivity index (χ1n) is 7.26. The number of carbonyl (C=O) groups is 2. The smallest absolute Gasteiger partial charge is 0.414 e. The first-order chi connectivity index (χ1) is 10.7. The van der Waals surface area contributed by atoms with Crippen molar-refractivity contribution in [1.29, 1.82) is 0 Å². The number of aryl methyl sites for hydroxylation is 2. The fraction of sp³-hybridized carbons (Fsp3) is 0.353. The van der Waals surface area contributed by atoms with Gasteiger partial charge in [-0.3, -0.25) is 4.79 Å². The molecular formula is C17H22IN3O3. The van der Waals surface area contributed by atoms with E-state index < -0.39 is 6.09 Å². The Hall–Kier alpha value is -1.90. The highest BCUT2D eigenvalue weighted by molar-refractivity contribution is 6.00. The third-order valence-electron chi connectivity index (χ3n) is 3.68. The van der Waals surface area contributed by atoms with Crippen LogP contribution in [0, 0.1) is 6.92 Å². The van der Waals surface area contributed by atoms with E-state index in [1.807, 2.05) is 30.7 Å². The molecule has 0 aliphatic heterocycles. The molecule has 0 atom stereocenters. The second-order valence-corrected chi connectivity index (χ2v) is 5.89. The van der Waals surface area contributed by atoms with Crippen molar-refractivity contribution in [2.75, 3.05) is 28.2 Å². The summed E-state index contributed by atoms with van der Waals surface area (Å²) in [7, 11) is 8.54. The number of amides is 2. The quantitative estimate of drug-likeness (QED) is 0.430. The average Bonchev–Trinajstić information content (AvgIpc) is 2.49. The Morgan fingerprint density at radius 1 is 1.08 bits per heavy atom. The first kappa shape index (κ1) is 20.1. The van der Waals surface area contributed by atoms with Crippen LogP contribution in [0.5, 0.6) is 5.75 Å². The normalized spacial score (nSPS) is 10.1. The van der Waals surface area contributed by atoms with Gasteiger partial charge in [0.25, 0.3) is 5.91 Å². The molecule has 2 aromatic rings. The minimum Gasteiger partial charge on any atom is -1.00 e. The SMILES string of the molecule is Cc1c(C(=O)N(C)C)c[n+](C)c2cccc(OC(=O)N(C)C)c12.[I-]. The molecule has 130 valence electrons. The summed E-state index contributed by atoms with van der Waals surface area (Å²) in [5.41, 5.74) is 2.26. The second-order valence-electron chi connectivity index (χ2n) is 5.89. The van der Waals surface area contributed by atoms with Gasteiger partial charge in [-0.05, 0) is 18.6 Å². The van der Waals surface area contributed by atoms with Crippen LogP contribution in [0.3, 0.4) is 0 Å². The first-order valence-corrected chi connectivity index (χ1v) is 7.26. The van der Waals surface area contributed by atoms with Crippen LogP contribution >= 0.6 is 0 Å². The number of fused-ring (bicyclic) bond motifs is 1. The average molecular weight is 443 g/mol. The number of benzene rings is 1. The summed E-state index contributed by atoms with van der Waals surface area (Å²) in [6.45, 7) is 1.87. The third-order valence-corrected chi connectivity index (χ3v) is 3.68. The highest BCUT2D eigenvalue weighted by Crippen LogP contribution is 2.29. The predicted molar refractivity (Wildman–Crippen MR) is 87.6 cm³/mol. The lowest BCUT2D eigenvalue weighted by Gasteiger charge is -2.15. The summed E-state index contributed by atoms with van der Waals surface area (Å²) in [6, 6.07) is 5.49. The summed E-state index contributed by atoms with van der Waals surface area (Å²) in [5.74, 6) is 0.358. The van der Waals surface area contributed by atoms with Crippen LogP contribution in [-0.4, -0.2) is 50.0 Å². The van der Waals surface area contributed by atoms with Crippen LogP contribution in [0.25, 0.3) is 10.9 Å². The lowest BCUT2D eigenvalue weighted by atomic mass is 10.0. The highest BCUT2D eigenvalue weighted by Gasteiger charge is 2.23. The van der Waals surface area contributed by atoms with Crippen molar-refractivity contribution in [3.63, 3.8) is 0 Å². The van der Waals surface area contributed by atoms with E-state index >= 15 is 0 Å². The van der Waals surface area contributed by atoms with Crippen LogP contribution in [0.15, 0.2) is 24.4 Å². The van der Waals surface area contributed by atoms with Gasteiger partial charge in [-0.25, -0.2) is 9.36 Å². The molecule has 1 heterocycles. The van der Waals surface area contributed by atoms with Gasteiger partial charge in [0.1, 0.15) is 18.4 Å². The number of halogens is 1. The van der Waals surface area contributed by atoms with E-state index in [9.17, 15) is 9.59 Å². The van der Waals surface area contributed by atoms with Crippen LogP contribution in [-0.2, 0) is 7.05 Å². The molecule has 24 heavy (non-hydrogen) atoms. The number of pyridine rings is 1. The van der Waals surface area contributed by atoms with Gasteiger partial charge >= 0.3 is 6.09 Å². The van der Waals surface area contributed by atoms with Gasteiger partial charge in [0, 0.05) is 34.3 Å². The van der Waals surface area contributed by atoms with E-state index in [-0.39, 0.29) is 29.9 Å². The maximum Gasteiger partial charge on any atom is 0.414 e. The molecule has 1 aromatic carbocycles. The van der Waals surface area contributed by atoms with Crippen molar-refractivity contribution < 1.29 is 42.9 Å². The number of rotatable bonds is 2. The molecule has 7 heteroatoms. The minimum atomic E-state index is -0.455. The predicted octanol–water partition coefficient (Wildman–Crippen LogP) is -1.26. The van der Waals surface area contributed by atoms with E-state index in [2.05, 4.69) is 0 Å². The monoisotopic (exact) mass is 443 g/mol.